The van der Waals surface area contributed by atoms with Gasteiger partial charge < -0.3 is 5.11 Å². The van der Waals surface area contributed by atoms with Gasteiger partial charge in [-0.1, -0.05) is 25.0 Å². The molecule has 1 saturated carbocycles. The fourth-order valence-electron chi connectivity index (χ4n) is 2.80. The van der Waals surface area contributed by atoms with E-state index in [9.17, 15) is 15.2 Å². The lowest BCUT2D eigenvalue weighted by Gasteiger charge is -2.28. The molecular formula is C14H19NO3. The Kier molecular flexibility index (Phi) is 3.97. The first-order valence-electron chi connectivity index (χ1n) is 6.50. The number of aliphatic hydroxyl groups excluding tert-OH is 1. The predicted octanol–water partition coefficient (Wildman–Crippen LogP) is 3.00. The highest BCUT2D eigenvalue weighted by molar-refractivity contribution is 5.44. The van der Waals surface area contributed by atoms with Gasteiger partial charge in [0.2, 0.25) is 0 Å². The van der Waals surface area contributed by atoms with Crippen LogP contribution < -0.4 is 0 Å². The van der Waals surface area contributed by atoms with Gasteiger partial charge in [0.15, 0.2) is 0 Å². The van der Waals surface area contributed by atoms with Gasteiger partial charge in [-0.15, -0.1) is 0 Å². The molecule has 0 saturated heterocycles. The molecule has 0 radical (unpaired) electrons. The average Bonchev–Trinajstić information content (AvgIpc) is 2.34. The van der Waals surface area contributed by atoms with Crippen LogP contribution in [-0.2, 0) is 6.42 Å². The third-order valence-corrected chi connectivity index (χ3v) is 3.97. The zero-order valence-electron chi connectivity index (χ0n) is 10.6. The van der Waals surface area contributed by atoms with Gasteiger partial charge in [0.25, 0.3) is 5.69 Å². The van der Waals surface area contributed by atoms with Gasteiger partial charge in [0.05, 0.1) is 11.0 Å². The van der Waals surface area contributed by atoms with Crippen LogP contribution in [0.15, 0.2) is 18.2 Å². The topological polar surface area (TPSA) is 63.4 Å². The normalized spacial score (nSPS) is 23.9. The molecule has 18 heavy (non-hydrogen) atoms. The summed E-state index contributed by atoms with van der Waals surface area (Å²) in [5.74, 6) is 0.249. The molecule has 0 amide bonds. The van der Waals surface area contributed by atoms with Crippen molar-refractivity contribution in [1.82, 2.24) is 0 Å². The van der Waals surface area contributed by atoms with Gasteiger partial charge in [-0.25, -0.2) is 0 Å². The molecule has 1 aliphatic rings. The van der Waals surface area contributed by atoms with E-state index >= 15 is 0 Å². The van der Waals surface area contributed by atoms with Gasteiger partial charge in [-0.05, 0) is 37.7 Å². The molecule has 4 nitrogen and oxygen atoms in total. The maximum atomic E-state index is 10.9. The number of nitro groups is 1. The molecule has 98 valence electrons. The van der Waals surface area contributed by atoms with Crippen molar-refractivity contribution in [1.29, 1.82) is 0 Å². The van der Waals surface area contributed by atoms with E-state index in [2.05, 4.69) is 0 Å². The quantitative estimate of drug-likeness (QED) is 0.661. The maximum Gasteiger partial charge on any atom is 0.272 e. The maximum absolute atomic E-state index is 10.9. The van der Waals surface area contributed by atoms with E-state index in [-0.39, 0.29) is 22.6 Å². The predicted molar refractivity (Wildman–Crippen MR) is 69.5 cm³/mol. The molecule has 0 spiro atoms. The van der Waals surface area contributed by atoms with Crippen LogP contribution in [0, 0.1) is 23.0 Å². The number of benzene rings is 1. The fraction of sp³-hybridized carbons (Fsp3) is 0.571. The van der Waals surface area contributed by atoms with Crippen molar-refractivity contribution in [2.75, 3.05) is 0 Å². The smallest absolute Gasteiger partial charge is 0.272 e. The van der Waals surface area contributed by atoms with Crippen LogP contribution in [0.4, 0.5) is 5.69 Å². The number of nitro benzene ring substituents is 1. The second-order valence-electron chi connectivity index (χ2n) is 5.13. The summed E-state index contributed by atoms with van der Waals surface area (Å²) in [5.41, 5.74) is 1.91. The van der Waals surface area contributed by atoms with E-state index < -0.39 is 0 Å². The summed E-state index contributed by atoms with van der Waals surface area (Å²) >= 11 is 0. The van der Waals surface area contributed by atoms with Crippen LogP contribution in [0.2, 0.25) is 0 Å². The minimum Gasteiger partial charge on any atom is -0.393 e. The summed E-state index contributed by atoms with van der Waals surface area (Å²) in [5, 5.41) is 20.9. The number of hydrogen-bond donors (Lipinski definition) is 1. The molecule has 2 rings (SSSR count). The molecule has 0 heterocycles. The van der Waals surface area contributed by atoms with Gasteiger partial charge in [0.1, 0.15) is 0 Å². The highest BCUT2D eigenvalue weighted by atomic mass is 16.6. The molecule has 0 aromatic heterocycles. The monoisotopic (exact) mass is 249 g/mol. The molecule has 1 N–H and O–H groups in total. The van der Waals surface area contributed by atoms with E-state index in [1.165, 1.54) is 6.07 Å². The molecule has 1 aromatic rings. The number of aliphatic hydroxyl groups is 1. The molecule has 2 atom stereocenters. The number of nitrogens with zero attached hydrogens (tertiary/aromatic N) is 1. The summed E-state index contributed by atoms with van der Waals surface area (Å²) in [4.78, 5) is 10.5. The standard InChI is InChI=1S/C14H19NO3/c1-10-11(6-4-7-13(10)15(17)18)9-12-5-2-3-8-14(12)16/h4,6-7,12,14,16H,2-3,5,8-9H2,1H3. The van der Waals surface area contributed by atoms with E-state index in [1.54, 1.807) is 13.0 Å². The third kappa shape index (κ3) is 2.70. The van der Waals surface area contributed by atoms with E-state index in [0.717, 1.165) is 43.2 Å². The summed E-state index contributed by atoms with van der Waals surface area (Å²) < 4.78 is 0. The Morgan fingerprint density at radius 2 is 2.11 bits per heavy atom. The first-order chi connectivity index (χ1) is 8.59. The number of hydrogen-bond acceptors (Lipinski definition) is 3. The van der Waals surface area contributed by atoms with Crippen molar-refractivity contribution in [3.8, 4) is 0 Å². The fourth-order valence-corrected chi connectivity index (χ4v) is 2.80. The van der Waals surface area contributed by atoms with Crippen LogP contribution >= 0.6 is 0 Å². The van der Waals surface area contributed by atoms with Crippen LogP contribution in [0.1, 0.15) is 36.8 Å². The zero-order valence-corrected chi connectivity index (χ0v) is 10.6. The zero-order chi connectivity index (χ0) is 13.1. The van der Waals surface area contributed by atoms with Crippen LogP contribution in [0.25, 0.3) is 0 Å². The van der Waals surface area contributed by atoms with Crippen LogP contribution in [0.5, 0.6) is 0 Å². The Morgan fingerprint density at radius 3 is 2.78 bits per heavy atom. The molecule has 0 bridgehead atoms. The van der Waals surface area contributed by atoms with E-state index in [4.69, 9.17) is 0 Å². The van der Waals surface area contributed by atoms with Gasteiger partial charge >= 0.3 is 0 Å². The van der Waals surface area contributed by atoms with Crippen LogP contribution in [0.3, 0.4) is 0 Å². The van der Waals surface area contributed by atoms with Gasteiger partial charge in [-0.2, -0.15) is 0 Å². The lowest BCUT2D eigenvalue weighted by molar-refractivity contribution is -0.385. The summed E-state index contributed by atoms with van der Waals surface area (Å²) in [6.45, 7) is 1.79. The van der Waals surface area contributed by atoms with Crippen molar-refractivity contribution >= 4 is 5.69 Å². The van der Waals surface area contributed by atoms with Crippen LogP contribution in [-0.4, -0.2) is 16.1 Å². The lowest BCUT2D eigenvalue weighted by Crippen LogP contribution is -2.26. The average molecular weight is 249 g/mol. The Labute approximate surface area is 107 Å². The highest BCUT2D eigenvalue weighted by Gasteiger charge is 2.24. The van der Waals surface area contributed by atoms with Crippen molar-refractivity contribution in [2.45, 2.75) is 45.1 Å². The molecule has 4 heteroatoms. The third-order valence-electron chi connectivity index (χ3n) is 3.97. The summed E-state index contributed by atoms with van der Waals surface area (Å²) in [6.07, 6.45) is 4.61. The lowest BCUT2D eigenvalue weighted by atomic mass is 9.81. The Bertz CT molecular complexity index is 445. The minimum atomic E-state index is -0.337. The molecular weight excluding hydrogens is 230 g/mol. The van der Waals surface area contributed by atoms with Crippen molar-refractivity contribution in [2.24, 2.45) is 5.92 Å². The SMILES string of the molecule is Cc1c(CC2CCCCC2O)cccc1[N+](=O)[O-]. The van der Waals surface area contributed by atoms with Gasteiger partial charge in [0, 0.05) is 11.6 Å². The van der Waals surface area contributed by atoms with Crippen molar-refractivity contribution in [3.05, 3.63) is 39.4 Å². The van der Waals surface area contributed by atoms with E-state index in [1.807, 2.05) is 6.07 Å². The minimum absolute atomic E-state index is 0.179. The molecule has 1 aliphatic carbocycles. The second kappa shape index (κ2) is 5.48. The Hall–Kier alpha value is -1.42. The highest BCUT2D eigenvalue weighted by Crippen LogP contribution is 2.30. The largest absolute Gasteiger partial charge is 0.393 e. The summed E-state index contributed by atoms with van der Waals surface area (Å²) in [7, 11) is 0. The summed E-state index contributed by atoms with van der Waals surface area (Å²) in [6, 6.07) is 5.20. The second-order valence-corrected chi connectivity index (χ2v) is 5.13. The molecule has 1 aromatic carbocycles. The Balaban J connectivity index is 2.18. The van der Waals surface area contributed by atoms with E-state index in [0.29, 0.717) is 0 Å². The number of rotatable bonds is 3. The first-order valence-corrected chi connectivity index (χ1v) is 6.50. The van der Waals surface area contributed by atoms with Gasteiger partial charge in [-0.3, -0.25) is 10.1 Å². The first kappa shape index (κ1) is 13.0. The molecule has 2 unspecified atom stereocenters. The van der Waals surface area contributed by atoms with Crippen molar-refractivity contribution < 1.29 is 10.0 Å². The Morgan fingerprint density at radius 1 is 1.39 bits per heavy atom. The molecule has 1 fully saturated rings. The molecule has 0 aliphatic heterocycles. The van der Waals surface area contributed by atoms with Crippen molar-refractivity contribution in [3.63, 3.8) is 0 Å².